The van der Waals surface area contributed by atoms with Crippen molar-refractivity contribution in [2.75, 3.05) is 25.4 Å². The number of piperidine rings is 1. The van der Waals surface area contributed by atoms with Crippen LogP contribution in [-0.2, 0) is 0 Å². The Morgan fingerprint density at radius 3 is 2.33 bits per heavy atom. The lowest BCUT2D eigenvalue weighted by atomic mass is 10.0. The summed E-state index contributed by atoms with van der Waals surface area (Å²) in [6.07, 6.45) is 2.96. The van der Waals surface area contributed by atoms with E-state index in [2.05, 4.69) is 9.97 Å². The molecule has 1 unspecified atom stereocenters. The third-order valence-corrected chi connectivity index (χ3v) is 3.27. The molecule has 0 aromatic carbocycles. The summed E-state index contributed by atoms with van der Waals surface area (Å²) in [5.74, 6) is -2.35. The topological polar surface area (TPSA) is 81.1 Å². The van der Waals surface area contributed by atoms with Gasteiger partial charge in [0.2, 0.25) is 5.95 Å². The Kier molecular flexibility index (Phi) is 3.72. The number of likely N-dealkylation sites (tertiary alicyclic amines) is 1. The van der Waals surface area contributed by atoms with E-state index in [9.17, 15) is 8.78 Å². The quantitative estimate of drug-likeness (QED) is 0.836. The van der Waals surface area contributed by atoms with E-state index in [4.69, 9.17) is 11.5 Å². The summed E-state index contributed by atoms with van der Waals surface area (Å²) < 4.78 is 26.2. The average Bonchev–Trinajstić information content (AvgIpc) is 2.34. The van der Waals surface area contributed by atoms with Crippen molar-refractivity contribution in [2.24, 2.45) is 5.73 Å². The van der Waals surface area contributed by atoms with Crippen molar-refractivity contribution in [3.05, 3.63) is 18.0 Å². The van der Waals surface area contributed by atoms with Crippen LogP contribution in [0.4, 0.5) is 14.7 Å². The highest BCUT2D eigenvalue weighted by Gasteiger charge is 2.36. The number of aromatic nitrogens is 2. The average molecular weight is 257 g/mol. The second-order valence-electron chi connectivity index (χ2n) is 4.52. The SMILES string of the molecule is NCC(c1cnc(N)nc1)N1CCC(F)(F)CC1. The summed E-state index contributed by atoms with van der Waals surface area (Å²) in [7, 11) is 0. The molecule has 0 amide bonds. The third kappa shape index (κ3) is 2.91. The van der Waals surface area contributed by atoms with Gasteiger partial charge in [-0.3, -0.25) is 4.90 Å². The number of hydrogen-bond acceptors (Lipinski definition) is 5. The normalized spacial score (nSPS) is 21.7. The Morgan fingerprint density at radius 1 is 1.28 bits per heavy atom. The molecule has 5 nitrogen and oxygen atoms in total. The molecule has 1 fully saturated rings. The highest BCUT2D eigenvalue weighted by atomic mass is 19.3. The van der Waals surface area contributed by atoms with E-state index >= 15 is 0 Å². The van der Waals surface area contributed by atoms with Crippen LogP contribution >= 0.6 is 0 Å². The molecule has 0 aliphatic carbocycles. The van der Waals surface area contributed by atoms with Crippen LogP contribution in [0.15, 0.2) is 12.4 Å². The van der Waals surface area contributed by atoms with Gasteiger partial charge < -0.3 is 11.5 Å². The molecule has 18 heavy (non-hydrogen) atoms. The molecule has 0 spiro atoms. The number of halogens is 2. The van der Waals surface area contributed by atoms with Gasteiger partial charge in [-0.25, -0.2) is 18.7 Å². The predicted octanol–water partition coefficient (Wildman–Crippen LogP) is 0.790. The summed E-state index contributed by atoms with van der Waals surface area (Å²) in [5, 5.41) is 0. The van der Waals surface area contributed by atoms with Crippen molar-refractivity contribution in [1.29, 1.82) is 0 Å². The van der Waals surface area contributed by atoms with Crippen LogP contribution in [-0.4, -0.2) is 40.4 Å². The van der Waals surface area contributed by atoms with E-state index in [1.165, 1.54) is 0 Å². The first-order chi connectivity index (χ1) is 8.52. The minimum Gasteiger partial charge on any atom is -0.368 e. The molecular weight excluding hydrogens is 240 g/mol. The Morgan fingerprint density at radius 2 is 1.83 bits per heavy atom. The molecule has 7 heteroatoms. The zero-order valence-electron chi connectivity index (χ0n) is 10.0. The van der Waals surface area contributed by atoms with Gasteiger partial charge in [0.25, 0.3) is 5.92 Å². The van der Waals surface area contributed by atoms with E-state index in [1.807, 2.05) is 4.90 Å². The molecule has 2 heterocycles. The van der Waals surface area contributed by atoms with Gasteiger partial charge in [0, 0.05) is 50.4 Å². The number of hydrogen-bond donors (Lipinski definition) is 2. The van der Waals surface area contributed by atoms with E-state index in [0.717, 1.165) is 5.56 Å². The number of nitrogens with zero attached hydrogens (tertiary/aromatic N) is 3. The summed E-state index contributed by atoms with van der Waals surface area (Å²) >= 11 is 0. The molecule has 0 radical (unpaired) electrons. The van der Waals surface area contributed by atoms with Crippen LogP contribution in [0.5, 0.6) is 0 Å². The van der Waals surface area contributed by atoms with E-state index < -0.39 is 5.92 Å². The zero-order chi connectivity index (χ0) is 13.2. The van der Waals surface area contributed by atoms with Crippen LogP contribution in [0, 0.1) is 0 Å². The summed E-state index contributed by atoms with van der Waals surface area (Å²) in [6, 6.07) is -0.123. The van der Waals surface area contributed by atoms with Gasteiger partial charge in [-0.2, -0.15) is 0 Å². The van der Waals surface area contributed by atoms with Crippen LogP contribution in [0.2, 0.25) is 0 Å². The molecule has 2 rings (SSSR count). The summed E-state index contributed by atoms with van der Waals surface area (Å²) in [4.78, 5) is 9.77. The van der Waals surface area contributed by atoms with Crippen LogP contribution in [0.25, 0.3) is 0 Å². The van der Waals surface area contributed by atoms with E-state index in [1.54, 1.807) is 12.4 Å². The summed E-state index contributed by atoms with van der Waals surface area (Å²) in [5.41, 5.74) is 12.0. The first-order valence-electron chi connectivity index (χ1n) is 5.91. The number of anilines is 1. The predicted molar refractivity (Wildman–Crippen MR) is 64.0 cm³/mol. The Balaban J connectivity index is 2.08. The highest BCUT2D eigenvalue weighted by Crippen LogP contribution is 2.31. The van der Waals surface area contributed by atoms with Gasteiger partial charge >= 0.3 is 0 Å². The number of rotatable bonds is 3. The first kappa shape index (κ1) is 13.1. The largest absolute Gasteiger partial charge is 0.368 e. The Hall–Kier alpha value is -1.34. The minimum absolute atomic E-state index is 0.123. The fraction of sp³-hybridized carbons (Fsp3) is 0.636. The second-order valence-corrected chi connectivity index (χ2v) is 4.52. The fourth-order valence-corrected chi connectivity index (χ4v) is 2.18. The highest BCUT2D eigenvalue weighted by molar-refractivity contribution is 5.20. The molecule has 1 saturated heterocycles. The zero-order valence-corrected chi connectivity index (χ0v) is 10.0. The molecule has 0 bridgehead atoms. The van der Waals surface area contributed by atoms with Gasteiger partial charge in [-0.15, -0.1) is 0 Å². The maximum absolute atomic E-state index is 13.1. The standard InChI is InChI=1S/C11H17F2N5/c12-11(13)1-3-18(4-2-11)9(5-14)8-6-16-10(15)17-7-8/h6-7,9H,1-5,14H2,(H2,15,16,17). The van der Waals surface area contributed by atoms with Crippen molar-refractivity contribution in [3.63, 3.8) is 0 Å². The Labute approximate surface area is 104 Å². The van der Waals surface area contributed by atoms with Crippen molar-refractivity contribution < 1.29 is 8.78 Å². The number of nitrogens with two attached hydrogens (primary N) is 2. The number of alkyl halides is 2. The molecule has 100 valence electrons. The van der Waals surface area contributed by atoms with Gasteiger partial charge in [0.05, 0.1) is 6.04 Å². The molecule has 4 N–H and O–H groups in total. The molecule has 1 atom stereocenters. The van der Waals surface area contributed by atoms with E-state index in [0.29, 0.717) is 19.6 Å². The van der Waals surface area contributed by atoms with Gasteiger partial charge in [0.15, 0.2) is 0 Å². The van der Waals surface area contributed by atoms with Crippen molar-refractivity contribution in [1.82, 2.24) is 14.9 Å². The molecule has 1 aliphatic heterocycles. The Bertz CT molecular complexity index is 385. The molecule has 1 aliphatic rings. The molecule has 0 saturated carbocycles. The maximum Gasteiger partial charge on any atom is 0.250 e. The van der Waals surface area contributed by atoms with Crippen molar-refractivity contribution >= 4 is 5.95 Å². The summed E-state index contributed by atoms with van der Waals surface area (Å²) in [6.45, 7) is 1.01. The lowest BCUT2D eigenvalue weighted by Crippen LogP contribution is -2.43. The maximum atomic E-state index is 13.1. The third-order valence-electron chi connectivity index (χ3n) is 3.27. The smallest absolute Gasteiger partial charge is 0.250 e. The van der Waals surface area contributed by atoms with Gasteiger partial charge in [0.1, 0.15) is 0 Å². The van der Waals surface area contributed by atoms with E-state index in [-0.39, 0.29) is 24.8 Å². The molecular formula is C11H17F2N5. The molecule has 1 aromatic rings. The molecule has 1 aromatic heterocycles. The van der Waals surface area contributed by atoms with Gasteiger partial charge in [-0.05, 0) is 0 Å². The first-order valence-corrected chi connectivity index (χ1v) is 5.91. The monoisotopic (exact) mass is 257 g/mol. The lowest BCUT2D eigenvalue weighted by Gasteiger charge is -2.36. The van der Waals surface area contributed by atoms with Crippen molar-refractivity contribution in [2.45, 2.75) is 24.8 Å². The second kappa shape index (κ2) is 5.11. The van der Waals surface area contributed by atoms with Crippen molar-refractivity contribution in [3.8, 4) is 0 Å². The van der Waals surface area contributed by atoms with Crippen LogP contribution < -0.4 is 11.5 Å². The van der Waals surface area contributed by atoms with Crippen LogP contribution in [0.1, 0.15) is 24.4 Å². The number of nitrogen functional groups attached to an aromatic ring is 1. The van der Waals surface area contributed by atoms with Crippen LogP contribution in [0.3, 0.4) is 0 Å². The fourth-order valence-electron chi connectivity index (χ4n) is 2.18. The lowest BCUT2D eigenvalue weighted by molar-refractivity contribution is -0.0627. The van der Waals surface area contributed by atoms with Gasteiger partial charge in [-0.1, -0.05) is 0 Å². The minimum atomic E-state index is -2.55.